The van der Waals surface area contributed by atoms with Crippen LogP contribution in [-0.2, 0) is 17.4 Å². The number of carboxylic acid groups (broad SMARTS) is 1. The van der Waals surface area contributed by atoms with Gasteiger partial charge in [-0.25, -0.2) is 13.8 Å². The van der Waals surface area contributed by atoms with E-state index in [0.717, 1.165) is 0 Å². The zero-order valence-electron chi connectivity index (χ0n) is 8.43. The van der Waals surface area contributed by atoms with Crippen LogP contribution in [0.3, 0.4) is 0 Å². The minimum absolute atomic E-state index is 0.396. The first-order valence-corrected chi connectivity index (χ1v) is 4.77. The molecule has 0 aliphatic carbocycles. The number of halogens is 6. The number of hydrogen-bond acceptors (Lipinski definition) is 2. The molecule has 0 saturated carbocycles. The minimum Gasteiger partial charge on any atom is -0.481 e. The number of carboxylic acids is 1. The number of pyridine rings is 1. The summed E-state index contributed by atoms with van der Waals surface area (Å²) in [6.45, 7) is 0. The highest BCUT2D eigenvalue weighted by atomic mass is 35.5. The zero-order chi connectivity index (χ0) is 14.1. The molecular formula is C9H5ClF5NO2. The molecule has 0 aliphatic rings. The van der Waals surface area contributed by atoms with Crippen LogP contribution in [0.2, 0.25) is 5.15 Å². The minimum atomic E-state index is -4.96. The monoisotopic (exact) mass is 289 g/mol. The second-order valence-electron chi connectivity index (χ2n) is 3.24. The summed E-state index contributed by atoms with van der Waals surface area (Å²) in [5.74, 6) is -1.59. The third-order valence-electron chi connectivity index (χ3n) is 1.93. The predicted molar refractivity (Wildman–Crippen MR) is 50.5 cm³/mol. The van der Waals surface area contributed by atoms with E-state index in [2.05, 4.69) is 4.98 Å². The summed E-state index contributed by atoms with van der Waals surface area (Å²) in [5, 5.41) is 7.28. The van der Waals surface area contributed by atoms with E-state index in [1.165, 1.54) is 0 Å². The predicted octanol–water partition coefficient (Wildman–Crippen LogP) is 3.32. The molecule has 0 amide bonds. The van der Waals surface area contributed by atoms with E-state index < -0.39 is 47.0 Å². The van der Waals surface area contributed by atoms with Gasteiger partial charge in [0.15, 0.2) is 0 Å². The highest BCUT2D eigenvalue weighted by Gasteiger charge is 2.38. The van der Waals surface area contributed by atoms with Crippen molar-refractivity contribution in [3.8, 4) is 0 Å². The summed E-state index contributed by atoms with van der Waals surface area (Å²) < 4.78 is 62.4. The van der Waals surface area contributed by atoms with Gasteiger partial charge in [0.1, 0.15) is 10.8 Å². The first-order valence-electron chi connectivity index (χ1n) is 4.39. The lowest BCUT2D eigenvalue weighted by atomic mass is 10.1. The molecule has 3 nitrogen and oxygen atoms in total. The van der Waals surface area contributed by atoms with Crippen molar-refractivity contribution in [2.45, 2.75) is 19.0 Å². The van der Waals surface area contributed by atoms with Crippen LogP contribution < -0.4 is 0 Å². The van der Waals surface area contributed by atoms with Gasteiger partial charge in [0, 0.05) is 0 Å². The smallest absolute Gasteiger partial charge is 0.419 e. The van der Waals surface area contributed by atoms with Crippen molar-refractivity contribution >= 4 is 17.6 Å². The maximum atomic E-state index is 12.6. The van der Waals surface area contributed by atoms with E-state index >= 15 is 0 Å². The highest BCUT2D eigenvalue weighted by molar-refractivity contribution is 6.30. The summed E-state index contributed by atoms with van der Waals surface area (Å²) in [7, 11) is 0. The number of aromatic nitrogens is 1. The molecule has 100 valence electrons. The number of aliphatic carboxylic acids is 1. The Kier molecular flexibility index (Phi) is 4.10. The van der Waals surface area contributed by atoms with E-state index in [9.17, 15) is 26.7 Å². The Bertz CT molecular complexity index is 475. The Morgan fingerprint density at radius 1 is 1.44 bits per heavy atom. The number of rotatable bonds is 3. The summed E-state index contributed by atoms with van der Waals surface area (Å²) in [6.07, 6.45) is -9.18. The fourth-order valence-electron chi connectivity index (χ4n) is 1.30. The largest absolute Gasteiger partial charge is 0.481 e. The quantitative estimate of drug-likeness (QED) is 0.686. The second-order valence-corrected chi connectivity index (χ2v) is 3.60. The molecule has 0 unspecified atom stereocenters. The van der Waals surface area contributed by atoms with Gasteiger partial charge >= 0.3 is 12.1 Å². The van der Waals surface area contributed by atoms with Gasteiger partial charge in [0.25, 0.3) is 6.43 Å². The van der Waals surface area contributed by atoms with Crippen LogP contribution in [-0.4, -0.2) is 16.1 Å². The Morgan fingerprint density at radius 3 is 2.39 bits per heavy atom. The number of hydrogen-bond donors (Lipinski definition) is 1. The number of carbonyl (C=O) groups is 1. The molecule has 0 aromatic carbocycles. The topological polar surface area (TPSA) is 50.2 Å². The Morgan fingerprint density at radius 2 is 2.00 bits per heavy atom. The van der Waals surface area contributed by atoms with Gasteiger partial charge in [0.2, 0.25) is 0 Å². The van der Waals surface area contributed by atoms with E-state index in [4.69, 9.17) is 16.7 Å². The summed E-state index contributed by atoms with van der Waals surface area (Å²) in [6, 6.07) is 0.396. The van der Waals surface area contributed by atoms with Crippen molar-refractivity contribution in [3.63, 3.8) is 0 Å². The molecule has 1 aromatic heterocycles. The normalized spacial score (nSPS) is 11.9. The van der Waals surface area contributed by atoms with Crippen molar-refractivity contribution in [1.82, 2.24) is 4.98 Å². The van der Waals surface area contributed by atoms with Gasteiger partial charge in [-0.3, -0.25) is 4.79 Å². The maximum Gasteiger partial charge on any atom is 0.419 e. The lowest BCUT2D eigenvalue weighted by Crippen LogP contribution is -2.15. The first-order chi connectivity index (χ1) is 8.12. The third-order valence-corrected chi connectivity index (χ3v) is 2.20. The molecule has 0 aliphatic heterocycles. The van der Waals surface area contributed by atoms with E-state index in [0.29, 0.717) is 6.07 Å². The van der Waals surface area contributed by atoms with Crippen LogP contribution in [0, 0.1) is 0 Å². The molecule has 0 saturated heterocycles. The van der Waals surface area contributed by atoms with Crippen molar-refractivity contribution in [2.75, 3.05) is 0 Å². The number of alkyl halides is 5. The van der Waals surface area contributed by atoms with Gasteiger partial charge in [0.05, 0.1) is 12.0 Å². The third kappa shape index (κ3) is 3.28. The summed E-state index contributed by atoms with van der Waals surface area (Å²) in [4.78, 5) is 13.3. The van der Waals surface area contributed by atoms with Crippen molar-refractivity contribution in [3.05, 3.63) is 28.0 Å². The van der Waals surface area contributed by atoms with Crippen LogP contribution in [0.15, 0.2) is 6.07 Å². The molecule has 1 rings (SSSR count). The molecule has 1 aromatic rings. The maximum absolute atomic E-state index is 12.6. The Balaban J connectivity index is 3.44. The van der Waals surface area contributed by atoms with Crippen LogP contribution in [0.4, 0.5) is 22.0 Å². The SMILES string of the molecule is O=C(O)Cc1cc(C(F)F)nc(Cl)c1C(F)(F)F. The molecule has 0 atom stereocenters. The highest BCUT2D eigenvalue weighted by Crippen LogP contribution is 2.38. The van der Waals surface area contributed by atoms with Crippen molar-refractivity contribution < 1.29 is 31.9 Å². The molecule has 1 heterocycles. The van der Waals surface area contributed by atoms with Crippen molar-refractivity contribution in [1.29, 1.82) is 0 Å². The Labute approximate surface area is 102 Å². The van der Waals surface area contributed by atoms with E-state index in [1.807, 2.05) is 0 Å². The summed E-state index contributed by atoms with van der Waals surface area (Å²) in [5.41, 5.74) is -3.34. The lowest BCUT2D eigenvalue weighted by molar-refractivity contribution is -0.139. The molecule has 0 bridgehead atoms. The van der Waals surface area contributed by atoms with Crippen LogP contribution in [0.1, 0.15) is 23.2 Å². The fourth-order valence-corrected chi connectivity index (χ4v) is 1.62. The van der Waals surface area contributed by atoms with Gasteiger partial charge in [-0.05, 0) is 11.6 Å². The average Bonchev–Trinajstić information content (AvgIpc) is 2.12. The fraction of sp³-hybridized carbons (Fsp3) is 0.333. The average molecular weight is 290 g/mol. The summed E-state index contributed by atoms with van der Waals surface area (Å²) >= 11 is 5.19. The first kappa shape index (κ1) is 14.6. The second kappa shape index (κ2) is 5.05. The molecule has 1 N–H and O–H groups in total. The zero-order valence-corrected chi connectivity index (χ0v) is 9.19. The number of nitrogens with zero attached hydrogens (tertiary/aromatic N) is 1. The molecule has 0 spiro atoms. The molecule has 0 radical (unpaired) electrons. The van der Waals surface area contributed by atoms with Crippen LogP contribution in [0.25, 0.3) is 0 Å². The van der Waals surface area contributed by atoms with Gasteiger partial charge in [-0.15, -0.1) is 0 Å². The van der Waals surface area contributed by atoms with Gasteiger partial charge in [-0.1, -0.05) is 11.6 Å². The molecule has 0 fully saturated rings. The van der Waals surface area contributed by atoms with Crippen molar-refractivity contribution in [2.24, 2.45) is 0 Å². The Hall–Kier alpha value is -1.44. The van der Waals surface area contributed by atoms with Crippen LogP contribution in [0.5, 0.6) is 0 Å². The molecule has 9 heteroatoms. The van der Waals surface area contributed by atoms with Crippen LogP contribution >= 0.6 is 11.6 Å². The molecule has 18 heavy (non-hydrogen) atoms. The van der Waals surface area contributed by atoms with Gasteiger partial charge < -0.3 is 5.11 Å². The van der Waals surface area contributed by atoms with E-state index in [1.54, 1.807) is 0 Å². The standard InChI is InChI=1S/C9H5ClF5NO2/c10-7-6(9(13,14)15)3(2-5(17)18)1-4(16-7)8(11)12/h1,8H,2H2,(H,17,18). The molecular weight excluding hydrogens is 285 g/mol. The van der Waals surface area contributed by atoms with E-state index in [-0.39, 0.29) is 0 Å². The van der Waals surface area contributed by atoms with Gasteiger partial charge in [-0.2, -0.15) is 13.2 Å². The lowest BCUT2D eigenvalue weighted by Gasteiger charge is -2.14.